The minimum Gasteiger partial charge on any atom is -0.299 e. The molecule has 1 N–H and O–H groups in total. The molecule has 0 radical (unpaired) electrons. The molecule has 0 saturated heterocycles. The van der Waals surface area contributed by atoms with Gasteiger partial charge in [-0.15, -0.1) is 0 Å². The van der Waals surface area contributed by atoms with E-state index in [0.29, 0.717) is 5.57 Å². The molecular weight excluding hydrogens is 170 g/mol. The van der Waals surface area contributed by atoms with Gasteiger partial charge in [-0.2, -0.15) is 0 Å². The van der Waals surface area contributed by atoms with E-state index in [1.807, 2.05) is 13.8 Å². The maximum absolute atomic E-state index is 10.8. The number of carbonyl (C=O) groups is 1. The maximum atomic E-state index is 10.8. The quantitative estimate of drug-likeness (QED) is 0.394. The third-order valence-corrected chi connectivity index (χ3v) is 1.08. The lowest BCUT2D eigenvalue weighted by Gasteiger charge is -1.95. The molecule has 0 saturated carbocycles. The van der Waals surface area contributed by atoms with E-state index in [9.17, 15) is 4.79 Å². The average molecular weight is 185 g/mol. The van der Waals surface area contributed by atoms with Crippen LogP contribution in [-0.4, -0.2) is 5.91 Å². The van der Waals surface area contributed by atoms with Crippen molar-refractivity contribution in [1.82, 2.24) is 4.72 Å². The minimum atomic E-state index is -0.279. The second-order valence-corrected chi connectivity index (χ2v) is 1.73. The molecule has 2 nitrogen and oxygen atoms in total. The molecule has 0 fully saturated rings. The highest BCUT2D eigenvalue weighted by atomic mass is 32.1. The van der Waals surface area contributed by atoms with Crippen LogP contribution in [0.2, 0.25) is 0 Å². The Labute approximate surface area is 79.6 Å². The Morgan fingerprint density at radius 3 is 2.17 bits per heavy atom. The van der Waals surface area contributed by atoms with Gasteiger partial charge < -0.3 is 0 Å². The van der Waals surface area contributed by atoms with Crippen molar-refractivity contribution in [1.29, 1.82) is 0 Å². The maximum Gasteiger partial charge on any atom is 0.260 e. The summed E-state index contributed by atoms with van der Waals surface area (Å²) in [4.78, 5) is 10.8. The van der Waals surface area contributed by atoms with E-state index in [2.05, 4.69) is 30.7 Å². The van der Waals surface area contributed by atoms with Crippen LogP contribution >= 0.6 is 12.8 Å². The van der Waals surface area contributed by atoms with Gasteiger partial charge in [0.05, 0.1) is 0 Å². The van der Waals surface area contributed by atoms with Crippen molar-refractivity contribution >= 4 is 18.7 Å². The Bertz CT molecular complexity index is 185. The zero-order valence-corrected chi connectivity index (χ0v) is 8.40. The molecule has 68 valence electrons. The van der Waals surface area contributed by atoms with Gasteiger partial charge in [0.15, 0.2) is 0 Å². The summed E-state index contributed by atoms with van der Waals surface area (Å²) in [5, 5.41) is 0. The minimum absolute atomic E-state index is 0.279. The summed E-state index contributed by atoms with van der Waals surface area (Å²) in [5.41, 5.74) is 0.449. The summed E-state index contributed by atoms with van der Waals surface area (Å²) in [6, 6.07) is 0. The van der Waals surface area contributed by atoms with Crippen molar-refractivity contribution in [3.63, 3.8) is 0 Å². The summed E-state index contributed by atoms with van der Waals surface area (Å²) < 4.78 is 2.17. The van der Waals surface area contributed by atoms with Crippen LogP contribution in [0, 0.1) is 0 Å². The zero-order valence-electron chi connectivity index (χ0n) is 7.50. The number of amides is 1. The highest BCUT2D eigenvalue weighted by Crippen LogP contribution is 1.95. The predicted molar refractivity (Wildman–Crippen MR) is 57.0 cm³/mol. The number of nitrogens with one attached hydrogen (secondary N) is 1. The molecule has 0 aromatic carbocycles. The molecule has 0 aliphatic heterocycles. The van der Waals surface area contributed by atoms with E-state index in [0.717, 1.165) is 0 Å². The van der Waals surface area contributed by atoms with Crippen molar-refractivity contribution < 1.29 is 4.79 Å². The van der Waals surface area contributed by atoms with Gasteiger partial charge in [0.2, 0.25) is 0 Å². The summed E-state index contributed by atoms with van der Waals surface area (Å²) in [6.07, 6.45) is 4.51. The molecule has 0 aliphatic rings. The van der Waals surface area contributed by atoms with Gasteiger partial charge in [0, 0.05) is 5.57 Å². The second kappa shape index (κ2) is 10.0. The van der Waals surface area contributed by atoms with E-state index in [1.165, 1.54) is 12.2 Å². The first-order valence-electron chi connectivity index (χ1n) is 3.65. The molecule has 0 bridgehead atoms. The van der Waals surface area contributed by atoms with Crippen LogP contribution < -0.4 is 4.72 Å². The van der Waals surface area contributed by atoms with Crippen molar-refractivity contribution in [2.75, 3.05) is 0 Å². The zero-order chi connectivity index (χ0) is 9.98. The topological polar surface area (TPSA) is 29.1 Å². The van der Waals surface area contributed by atoms with Crippen molar-refractivity contribution in [3.8, 4) is 0 Å². The average Bonchev–Trinajstić information content (AvgIpc) is 2.16. The van der Waals surface area contributed by atoms with Crippen molar-refractivity contribution in [3.05, 3.63) is 37.0 Å². The third-order valence-electron chi connectivity index (χ3n) is 0.881. The van der Waals surface area contributed by atoms with E-state index >= 15 is 0 Å². The van der Waals surface area contributed by atoms with Gasteiger partial charge >= 0.3 is 0 Å². The molecule has 0 rings (SSSR count). The molecular formula is C9H15NOS. The Kier molecular flexibility index (Phi) is 11.4. The molecule has 3 heteroatoms. The van der Waals surface area contributed by atoms with E-state index < -0.39 is 0 Å². The van der Waals surface area contributed by atoms with Crippen molar-refractivity contribution in [2.24, 2.45) is 0 Å². The van der Waals surface area contributed by atoms with Crippen LogP contribution in [0.25, 0.3) is 0 Å². The SMILES string of the molecule is C=C/C=C(\C=C)C(=O)NS.CC. The number of allylic oxidation sites excluding steroid dienone is 2. The first kappa shape index (κ1) is 13.6. The van der Waals surface area contributed by atoms with Crippen LogP contribution in [-0.2, 0) is 4.79 Å². The fraction of sp³-hybridized carbons (Fsp3) is 0.222. The number of rotatable bonds is 3. The number of carbonyl (C=O) groups excluding carboxylic acids is 1. The van der Waals surface area contributed by atoms with Crippen LogP contribution in [0.4, 0.5) is 0 Å². The van der Waals surface area contributed by atoms with Crippen molar-refractivity contribution in [2.45, 2.75) is 13.8 Å². The third kappa shape index (κ3) is 5.80. The Hall–Kier alpha value is -0.960. The Balaban J connectivity index is 0. The fourth-order valence-electron chi connectivity index (χ4n) is 0.428. The molecule has 0 heterocycles. The molecule has 0 spiro atoms. The van der Waals surface area contributed by atoms with Gasteiger partial charge in [0.25, 0.3) is 5.91 Å². The largest absolute Gasteiger partial charge is 0.299 e. The van der Waals surface area contributed by atoms with Crippen LogP contribution in [0.3, 0.4) is 0 Å². The van der Waals surface area contributed by atoms with Gasteiger partial charge in [-0.1, -0.05) is 58.0 Å². The van der Waals surface area contributed by atoms with Gasteiger partial charge in [-0.05, 0) is 0 Å². The molecule has 0 aliphatic carbocycles. The molecule has 0 atom stereocenters. The van der Waals surface area contributed by atoms with Gasteiger partial charge in [0.1, 0.15) is 0 Å². The normalized spacial score (nSPS) is 9.08. The van der Waals surface area contributed by atoms with Gasteiger partial charge in [-0.25, -0.2) is 0 Å². The van der Waals surface area contributed by atoms with Crippen LogP contribution in [0.15, 0.2) is 37.0 Å². The first-order chi connectivity index (χ1) is 5.76. The smallest absolute Gasteiger partial charge is 0.260 e. The first-order valence-corrected chi connectivity index (χ1v) is 4.10. The molecule has 12 heavy (non-hydrogen) atoms. The Morgan fingerprint density at radius 1 is 1.42 bits per heavy atom. The number of hydrogen-bond donors (Lipinski definition) is 2. The predicted octanol–water partition coefficient (Wildman–Crippen LogP) is 2.27. The summed E-state index contributed by atoms with van der Waals surface area (Å²) in [7, 11) is 0. The van der Waals surface area contributed by atoms with Crippen LogP contribution in [0.1, 0.15) is 13.8 Å². The second-order valence-electron chi connectivity index (χ2n) is 1.50. The number of thiol groups is 1. The standard InChI is InChI=1S/C7H9NOS.C2H6/c1-3-5-6(4-2)7(9)8-10;1-2/h3-5,10H,1-2H2,(H,8,9);1-2H3/b6-5+;. The molecule has 0 unspecified atom stereocenters. The summed E-state index contributed by atoms with van der Waals surface area (Å²) in [5.74, 6) is -0.279. The molecule has 1 amide bonds. The lowest BCUT2D eigenvalue weighted by atomic mass is 10.2. The summed E-state index contributed by atoms with van der Waals surface area (Å²) in [6.45, 7) is 10.9. The molecule has 0 aromatic heterocycles. The Morgan fingerprint density at radius 2 is 1.92 bits per heavy atom. The van der Waals surface area contributed by atoms with Crippen LogP contribution in [0.5, 0.6) is 0 Å². The summed E-state index contributed by atoms with van der Waals surface area (Å²) >= 11 is 3.58. The molecule has 0 aromatic rings. The monoisotopic (exact) mass is 185 g/mol. The van der Waals surface area contributed by atoms with E-state index in [1.54, 1.807) is 6.08 Å². The lowest BCUT2D eigenvalue weighted by Crippen LogP contribution is -2.13. The van der Waals surface area contributed by atoms with E-state index in [-0.39, 0.29) is 5.91 Å². The number of hydrogen-bond acceptors (Lipinski definition) is 2. The van der Waals surface area contributed by atoms with Gasteiger partial charge in [-0.3, -0.25) is 9.52 Å². The highest BCUT2D eigenvalue weighted by molar-refractivity contribution is 7.78. The highest BCUT2D eigenvalue weighted by Gasteiger charge is 1.99. The fourth-order valence-corrected chi connectivity index (χ4v) is 0.557. The van der Waals surface area contributed by atoms with E-state index in [4.69, 9.17) is 0 Å². The lowest BCUT2D eigenvalue weighted by molar-refractivity contribution is -0.115.